The molecular formula is C13H17BrO2. The van der Waals surface area contributed by atoms with Gasteiger partial charge in [0.25, 0.3) is 0 Å². The van der Waals surface area contributed by atoms with Crippen LogP contribution in [0.2, 0.25) is 0 Å². The zero-order chi connectivity index (χ0) is 11.4. The maximum atomic E-state index is 8.81. The molecule has 0 bridgehead atoms. The van der Waals surface area contributed by atoms with E-state index in [0.29, 0.717) is 0 Å². The smallest absolute Gasteiger partial charge is 0.120 e. The fourth-order valence-corrected chi connectivity index (χ4v) is 2.15. The van der Waals surface area contributed by atoms with Gasteiger partial charge >= 0.3 is 0 Å². The summed E-state index contributed by atoms with van der Waals surface area (Å²) in [5, 5.41) is 8.81. The Kier molecular flexibility index (Phi) is 4.24. The average Bonchev–Trinajstić information content (AvgIpc) is 3.07. The Hall–Kier alpha value is -0.540. The minimum absolute atomic E-state index is 0.241. The van der Waals surface area contributed by atoms with Crippen LogP contribution in [-0.4, -0.2) is 18.3 Å². The molecule has 0 spiro atoms. The fourth-order valence-electron chi connectivity index (χ4n) is 1.63. The van der Waals surface area contributed by atoms with Crippen molar-refractivity contribution in [2.45, 2.75) is 25.7 Å². The highest BCUT2D eigenvalue weighted by Crippen LogP contribution is 2.30. The second-order valence-electron chi connectivity index (χ2n) is 4.38. The van der Waals surface area contributed by atoms with Crippen LogP contribution in [-0.2, 0) is 6.42 Å². The summed E-state index contributed by atoms with van der Waals surface area (Å²) in [5.74, 6) is 1.72. The molecule has 1 aliphatic rings. The molecule has 1 fully saturated rings. The van der Waals surface area contributed by atoms with Gasteiger partial charge in [0.15, 0.2) is 0 Å². The number of aliphatic hydroxyl groups is 1. The predicted molar refractivity (Wildman–Crippen MR) is 67.8 cm³/mol. The van der Waals surface area contributed by atoms with Gasteiger partial charge in [-0.15, -0.1) is 0 Å². The van der Waals surface area contributed by atoms with Crippen molar-refractivity contribution in [3.05, 3.63) is 28.2 Å². The summed E-state index contributed by atoms with van der Waals surface area (Å²) in [6.45, 7) is 1.08. The number of halogens is 1. The van der Waals surface area contributed by atoms with Crippen LogP contribution in [0.1, 0.15) is 24.8 Å². The summed E-state index contributed by atoms with van der Waals surface area (Å²) in [6.07, 6.45) is 4.32. The van der Waals surface area contributed by atoms with Crippen LogP contribution >= 0.6 is 15.9 Å². The van der Waals surface area contributed by atoms with Crippen molar-refractivity contribution in [1.82, 2.24) is 0 Å². The highest BCUT2D eigenvalue weighted by atomic mass is 79.9. The SMILES string of the molecule is OCCCc1cc(Br)cc(OCC2CC2)c1. The van der Waals surface area contributed by atoms with E-state index in [1.54, 1.807) is 0 Å². The molecule has 0 radical (unpaired) electrons. The van der Waals surface area contributed by atoms with E-state index in [-0.39, 0.29) is 6.61 Å². The molecule has 0 aromatic heterocycles. The van der Waals surface area contributed by atoms with Crippen molar-refractivity contribution in [1.29, 1.82) is 0 Å². The topological polar surface area (TPSA) is 29.5 Å². The molecule has 88 valence electrons. The van der Waals surface area contributed by atoms with Crippen molar-refractivity contribution in [3.8, 4) is 5.75 Å². The van der Waals surface area contributed by atoms with E-state index in [1.165, 1.54) is 18.4 Å². The molecule has 0 amide bonds. The molecule has 0 heterocycles. The minimum Gasteiger partial charge on any atom is -0.493 e. The molecule has 0 aliphatic heterocycles. The Morgan fingerprint density at radius 1 is 1.31 bits per heavy atom. The number of hydrogen-bond donors (Lipinski definition) is 1. The van der Waals surface area contributed by atoms with E-state index in [0.717, 1.165) is 35.6 Å². The molecule has 2 rings (SSSR count). The Balaban J connectivity index is 1.96. The van der Waals surface area contributed by atoms with E-state index < -0.39 is 0 Å². The number of hydrogen-bond acceptors (Lipinski definition) is 2. The van der Waals surface area contributed by atoms with Crippen molar-refractivity contribution in [2.24, 2.45) is 5.92 Å². The van der Waals surface area contributed by atoms with Crippen LogP contribution in [0.5, 0.6) is 5.75 Å². The van der Waals surface area contributed by atoms with Gasteiger partial charge in [-0.1, -0.05) is 15.9 Å². The van der Waals surface area contributed by atoms with Gasteiger partial charge in [0.2, 0.25) is 0 Å². The standard InChI is InChI=1S/C13H17BrO2/c14-12-6-11(2-1-5-15)7-13(8-12)16-9-10-3-4-10/h6-8,10,15H,1-5,9H2. The molecular weight excluding hydrogens is 268 g/mol. The Labute approximate surface area is 105 Å². The summed E-state index contributed by atoms with van der Waals surface area (Å²) < 4.78 is 6.79. The maximum absolute atomic E-state index is 8.81. The van der Waals surface area contributed by atoms with Gasteiger partial charge in [0.1, 0.15) is 5.75 Å². The third-order valence-corrected chi connectivity index (χ3v) is 3.20. The molecule has 0 atom stereocenters. The monoisotopic (exact) mass is 284 g/mol. The van der Waals surface area contributed by atoms with Gasteiger partial charge in [-0.2, -0.15) is 0 Å². The van der Waals surface area contributed by atoms with Crippen LogP contribution in [0.3, 0.4) is 0 Å². The fraction of sp³-hybridized carbons (Fsp3) is 0.538. The number of rotatable bonds is 6. The highest BCUT2D eigenvalue weighted by molar-refractivity contribution is 9.10. The first-order valence-corrected chi connectivity index (χ1v) is 6.60. The summed E-state index contributed by atoms with van der Waals surface area (Å²) in [7, 11) is 0. The Morgan fingerprint density at radius 3 is 2.81 bits per heavy atom. The third-order valence-electron chi connectivity index (χ3n) is 2.74. The molecule has 3 heteroatoms. The van der Waals surface area contributed by atoms with Crippen molar-refractivity contribution in [3.63, 3.8) is 0 Å². The first-order chi connectivity index (χ1) is 7.78. The average molecular weight is 285 g/mol. The molecule has 0 unspecified atom stereocenters. The molecule has 1 aromatic carbocycles. The zero-order valence-corrected chi connectivity index (χ0v) is 10.9. The summed E-state index contributed by atoms with van der Waals surface area (Å²) in [4.78, 5) is 0. The normalized spacial score (nSPS) is 15.1. The minimum atomic E-state index is 0.241. The lowest BCUT2D eigenvalue weighted by Gasteiger charge is -2.08. The van der Waals surface area contributed by atoms with E-state index >= 15 is 0 Å². The van der Waals surface area contributed by atoms with E-state index in [9.17, 15) is 0 Å². The second-order valence-corrected chi connectivity index (χ2v) is 5.29. The maximum Gasteiger partial charge on any atom is 0.120 e. The van der Waals surface area contributed by atoms with Gasteiger partial charge in [-0.3, -0.25) is 0 Å². The van der Waals surface area contributed by atoms with E-state index in [4.69, 9.17) is 9.84 Å². The molecule has 0 saturated heterocycles. The third kappa shape index (κ3) is 3.80. The summed E-state index contributed by atoms with van der Waals surface area (Å²) in [5.41, 5.74) is 1.22. The van der Waals surface area contributed by atoms with Crippen LogP contribution < -0.4 is 4.74 Å². The number of aliphatic hydroxyl groups excluding tert-OH is 1. The van der Waals surface area contributed by atoms with Crippen LogP contribution in [0, 0.1) is 5.92 Å². The molecule has 1 aliphatic carbocycles. The van der Waals surface area contributed by atoms with Crippen molar-refractivity contribution in [2.75, 3.05) is 13.2 Å². The number of ether oxygens (including phenoxy) is 1. The largest absolute Gasteiger partial charge is 0.493 e. The summed E-state index contributed by atoms with van der Waals surface area (Å²) >= 11 is 3.49. The van der Waals surface area contributed by atoms with Crippen LogP contribution in [0.15, 0.2) is 22.7 Å². The van der Waals surface area contributed by atoms with Crippen LogP contribution in [0.4, 0.5) is 0 Å². The lowest BCUT2D eigenvalue weighted by Crippen LogP contribution is -1.99. The van der Waals surface area contributed by atoms with Crippen molar-refractivity contribution < 1.29 is 9.84 Å². The molecule has 1 N–H and O–H groups in total. The lowest BCUT2D eigenvalue weighted by atomic mass is 10.1. The first kappa shape index (κ1) is 11.9. The van der Waals surface area contributed by atoms with E-state index in [1.807, 2.05) is 6.07 Å². The quantitative estimate of drug-likeness (QED) is 0.870. The lowest BCUT2D eigenvalue weighted by molar-refractivity contribution is 0.287. The van der Waals surface area contributed by atoms with Gasteiger partial charge in [-0.05, 0) is 55.4 Å². The number of benzene rings is 1. The van der Waals surface area contributed by atoms with Gasteiger partial charge in [0.05, 0.1) is 6.61 Å². The Bertz CT molecular complexity index is 348. The van der Waals surface area contributed by atoms with E-state index in [2.05, 4.69) is 28.1 Å². The summed E-state index contributed by atoms with van der Waals surface area (Å²) in [6, 6.07) is 6.16. The first-order valence-electron chi connectivity index (χ1n) is 5.81. The highest BCUT2D eigenvalue weighted by Gasteiger charge is 2.21. The second kappa shape index (κ2) is 5.69. The van der Waals surface area contributed by atoms with Gasteiger partial charge < -0.3 is 9.84 Å². The van der Waals surface area contributed by atoms with Gasteiger partial charge in [-0.25, -0.2) is 0 Å². The van der Waals surface area contributed by atoms with Gasteiger partial charge in [0, 0.05) is 11.1 Å². The Morgan fingerprint density at radius 2 is 2.12 bits per heavy atom. The van der Waals surface area contributed by atoms with Crippen molar-refractivity contribution >= 4 is 15.9 Å². The molecule has 2 nitrogen and oxygen atoms in total. The molecule has 1 saturated carbocycles. The van der Waals surface area contributed by atoms with Crippen LogP contribution in [0.25, 0.3) is 0 Å². The zero-order valence-electron chi connectivity index (χ0n) is 9.29. The molecule has 16 heavy (non-hydrogen) atoms. The molecule has 1 aromatic rings. The number of aryl methyl sites for hydroxylation is 1. The predicted octanol–water partition coefficient (Wildman–Crippen LogP) is 3.16.